The topological polar surface area (TPSA) is 82.5 Å². The van der Waals surface area contributed by atoms with Gasteiger partial charge in [0.25, 0.3) is 11.5 Å². The summed E-state index contributed by atoms with van der Waals surface area (Å²) < 4.78 is 12.5. The van der Waals surface area contributed by atoms with Crippen LogP contribution in [0.3, 0.4) is 0 Å². The van der Waals surface area contributed by atoms with Crippen LogP contribution in [0.2, 0.25) is 0 Å². The number of aromatic nitrogens is 2. The van der Waals surface area contributed by atoms with Gasteiger partial charge >= 0.3 is 0 Å². The van der Waals surface area contributed by atoms with Gasteiger partial charge in [-0.15, -0.1) is 0 Å². The molecule has 3 rings (SSSR count). The Kier molecular flexibility index (Phi) is 5.45. The first kappa shape index (κ1) is 17.2. The molecule has 1 aliphatic heterocycles. The van der Waals surface area contributed by atoms with Crippen molar-refractivity contribution in [2.45, 2.75) is 32.4 Å². The highest BCUT2D eigenvalue weighted by Gasteiger charge is 2.16. The molecular formula is C18H21N3O4. The second kappa shape index (κ2) is 7.94. The van der Waals surface area contributed by atoms with E-state index in [4.69, 9.17) is 9.47 Å². The predicted molar refractivity (Wildman–Crippen MR) is 93.0 cm³/mol. The SMILES string of the molecule is CCn1nc(C(=O)Nc2ccc(OC[C@H]3CCCO3)cc2)ccc1=O. The number of benzene rings is 1. The smallest absolute Gasteiger partial charge is 0.276 e. The zero-order chi connectivity index (χ0) is 17.6. The average Bonchev–Trinajstić information content (AvgIpc) is 3.15. The number of ether oxygens (including phenoxy) is 2. The Morgan fingerprint density at radius 3 is 2.80 bits per heavy atom. The molecular weight excluding hydrogens is 322 g/mol. The van der Waals surface area contributed by atoms with Crippen molar-refractivity contribution < 1.29 is 14.3 Å². The summed E-state index contributed by atoms with van der Waals surface area (Å²) in [6, 6.07) is 9.88. The summed E-state index contributed by atoms with van der Waals surface area (Å²) in [5, 5.41) is 6.79. The third-order valence-corrected chi connectivity index (χ3v) is 3.97. The molecule has 1 amide bonds. The van der Waals surface area contributed by atoms with Gasteiger partial charge in [-0.1, -0.05) is 0 Å². The molecule has 1 atom stereocenters. The molecule has 1 aromatic heterocycles. The van der Waals surface area contributed by atoms with Gasteiger partial charge in [-0.05, 0) is 50.1 Å². The van der Waals surface area contributed by atoms with E-state index in [9.17, 15) is 9.59 Å². The van der Waals surface area contributed by atoms with Crippen LogP contribution in [0.4, 0.5) is 5.69 Å². The van der Waals surface area contributed by atoms with Crippen molar-refractivity contribution in [2.75, 3.05) is 18.5 Å². The fraction of sp³-hybridized carbons (Fsp3) is 0.389. The van der Waals surface area contributed by atoms with Gasteiger partial charge in [0, 0.05) is 24.9 Å². The summed E-state index contributed by atoms with van der Waals surface area (Å²) in [6.07, 6.45) is 2.28. The molecule has 1 saturated heterocycles. The first-order chi connectivity index (χ1) is 12.2. The van der Waals surface area contributed by atoms with Crippen LogP contribution in [0.25, 0.3) is 0 Å². The maximum atomic E-state index is 12.2. The van der Waals surface area contributed by atoms with Crippen molar-refractivity contribution in [1.82, 2.24) is 9.78 Å². The summed E-state index contributed by atoms with van der Waals surface area (Å²) in [4.78, 5) is 23.8. The molecule has 0 unspecified atom stereocenters. The van der Waals surface area contributed by atoms with Gasteiger partial charge in [0.2, 0.25) is 0 Å². The Labute approximate surface area is 145 Å². The summed E-state index contributed by atoms with van der Waals surface area (Å²) in [7, 11) is 0. The highest BCUT2D eigenvalue weighted by molar-refractivity contribution is 6.02. The van der Waals surface area contributed by atoms with Crippen LogP contribution in [-0.2, 0) is 11.3 Å². The van der Waals surface area contributed by atoms with Gasteiger partial charge in [0.05, 0.1) is 6.10 Å². The Hall–Kier alpha value is -2.67. The molecule has 2 aromatic rings. The monoisotopic (exact) mass is 343 g/mol. The van der Waals surface area contributed by atoms with E-state index in [0.29, 0.717) is 18.8 Å². The fourth-order valence-electron chi connectivity index (χ4n) is 2.59. The second-order valence-corrected chi connectivity index (χ2v) is 5.80. The van der Waals surface area contributed by atoms with E-state index in [2.05, 4.69) is 10.4 Å². The van der Waals surface area contributed by atoms with E-state index in [1.807, 2.05) is 0 Å². The highest BCUT2D eigenvalue weighted by atomic mass is 16.5. The molecule has 1 fully saturated rings. The zero-order valence-corrected chi connectivity index (χ0v) is 14.1. The van der Waals surface area contributed by atoms with Crippen LogP contribution in [0.5, 0.6) is 5.75 Å². The van der Waals surface area contributed by atoms with Crippen molar-refractivity contribution in [2.24, 2.45) is 0 Å². The molecule has 0 saturated carbocycles. The minimum Gasteiger partial charge on any atom is -0.491 e. The Bertz CT molecular complexity index is 780. The van der Waals surface area contributed by atoms with E-state index in [1.54, 1.807) is 31.2 Å². The fourth-order valence-corrected chi connectivity index (χ4v) is 2.59. The van der Waals surface area contributed by atoms with E-state index >= 15 is 0 Å². The number of amides is 1. The minimum absolute atomic E-state index is 0.166. The van der Waals surface area contributed by atoms with Crippen LogP contribution >= 0.6 is 0 Å². The van der Waals surface area contributed by atoms with Gasteiger partial charge in [0.1, 0.15) is 18.1 Å². The molecule has 132 valence electrons. The highest BCUT2D eigenvalue weighted by Crippen LogP contribution is 2.18. The number of anilines is 1. The number of hydrogen-bond acceptors (Lipinski definition) is 5. The van der Waals surface area contributed by atoms with Gasteiger partial charge in [-0.3, -0.25) is 9.59 Å². The van der Waals surface area contributed by atoms with E-state index in [1.165, 1.54) is 16.8 Å². The van der Waals surface area contributed by atoms with Crippen molar-refractivity contribution in [3.05, 3.63) is 52.4 Å². The van der Waals surface area contributed by atoms with Crippen molar-refractivity contribution in [3.63, 3.8) is 0 Å². The minimum atomic E-state index is -0.366. The van der Waals surface area contributed by atoms with E-state index in [-0.39, 0.29) is 23.3 Å². The van der Waals surface area contributed by atoms with E-state index < -0.39 is 0 Å². The van der Waals surface area contributed by atoms with Crippen LogP contribution in [0.1, 0.15) is 30.3 Å². The standard InChI is InChI=1S/C18H21N3O4/c1-2-21-17(22)10-9-16(20-21)18(23)19-13-5-7-14(8-6-13)25-12-15-4-3-11-24-15/h5-10,15H,2-4,11-12H2,1H3,(H,19,23)/t15-/m1/s1. The van der Waals surface area contributed by atoms with Gasteiger partial charge in [0.15, 0.2) is 0 Å². The molecule has 7 heteroatoms. The lowest BCUT2D eigenvalue weighted by atomic mass is 10.2. The summed E-state index contributed by atoms with van der Waals surface area (Å²) in [6.45, 7) is 3.55. The third-order valence-electron chi connectivity index (χ3n) is 3.97. The van der Waals surface area contributed by atoms with E-state index in [0.717, 1.165) is 25.2 Å². The Morgan fingerprint density at radius 1 is 1.32 bits per heavy atom. The molecule has 25 heavy (non-hydrogen) atoms. The van der Waals surface area contributed by atoms with Gasteiger partial charge in [-0.25, -0.2) is 4.68 Å². The molecule has 0 spiro atoms. The molecule has 0 radical (unpaired) electrons. The maximum Gasteiger partial charge on any atom is 0.276 e. The lowest BCUT2D eigenvalue weighted by molar-refractivity contribution is 0.0679. The summed E-state index contributed by atoms with van der Waals surface area (Å²) >= 11 is 0. The number of hydrogen-bond donors (Lipinski definition) is 1. The van der Waals surface area contributed by atoms with Crippen LogP contribution in [0.15, 0.2) is 41.2 Å². The number of carbonyl (C=O) groups excluding carboxylic acids is 1. The zero-order valence-electron chi connectivity index (χ0n) is 14.1. The molecule has 1 aromatic carbocycles. The lowest BCUT2D eigenvalue weighted by Gasteiger charge is -2.12. The van der Waals surface area contributed by atoms with Crippen LogP contribution in [-0.4, -0.2) is 35.0 Å². The van der Waals surface area contributed by atoms with Gasteiger partial charge in [-0.2, -0.15) is 5.10 Å². The number of aryl methyl sites for hydroxylation is 1. The van der Waals surface area contributed by atoms with Crippen molar-refractivity contribution in [3.8, 4) is 5.75 Å². The molecule has 1 aliphatic rings. The molecule has 1 N–H and O–H groups in total. The second-order valence-electron chi connectivity index (χ2n) is 5.80. The predicted octanol–water partition coefficient (Wildman–Crippen LogP) is 2.07. The molecule has 0 aliphatic carbocycles. The average molecular weight is 343 g/mol. The normalized spacial score (nSPS) is 16.6. The first-order valence-electron chi connectivity index (χ1n) is 8.39. The van der Waals surface area contributed by atoms with Crippen molar-refractivity contribution in [1.29, 1.82) is 0 Å². The first-order valence-corrected chi connectivity index (χ1v) is 8.39. The number of rotatable bonds is 6. The maximum absolute atomic E-state index is 12.2. The lowest BCUT2D eigenvalue weighted by Crippen LogP contribution is -2.25. The summed E-state index contributed by atoms with van der Waals surface area (Å²) in [5.41, 5.74) is 0.595. The number of nitrogens with one attached hydrogen (secondary N) is 1. The summed E-state index contributed by atoms with van der Waals surface area (Å²) in [5.74, 6) is 0.362. The third kappa shape index (κ3) is 4.45. The Balaban J connectivity index is 1.58. The van der Waals surface area contributed by atoms with Crippen LogP contribution < -0.4 is 15.6 Å². The van der Waals surface area contributed by atoms with Crippen LogP contribution in [0, 0.1) is 0 Å². The largest absolute Gasteiger partial charge is 0.491 e. The quantitative estimate of drug-likeness (QED) is 0.868. The Morgan fingerprint density at radius 2 is 2.12 bits per heavy atom. The van der Waals surface area contributed by atoms with Crippen molar-refractivity contribution >= 4 is 11.6 Å². The number of nitrogens with zero attached hydrogens (tertiary/aromatic N) is 2. The number of carbonyl (C=O) groups is 1. The molecule has 7 nitrogen and oxygen atoms in total. The van der Waals surface area contributed by atoms with Gasteiger partial charge < -0.3 is 14.8 Å². The molecule has 2 heterocycles. The molecule has 0 bridgehead atoms.